The largest absolute Gasteiger partial charge is 0.307 e. The molecule has 0 bridgehead atoms. The van der Waals surface area contributed by atoms with Gasteiger partial charge in [0.15, 0.2) is 5.65 Å². The number of carbonyl (C=O) groups excluding carboxylic acids is 1. The fourth-order valence-electron chi connectivity index (χ4n) is 3.35. The molecule has 0 spiro atoms. The Labute approximate surface area is 138 Å². The molecule has 1 amide bonds. The van der Waals surface area contributed by atoms with E-state index in [0.717, 1.165) is 17.7 Å². The van der Waals surface area contributed by atoms with Crippen LogP contribution in [0.2, 0.25) is 0 Å². The van der Waals surface area contributed by atoms with E-state index < -0.39 is 0 Å². The van der Waals surface area contributed by atoms with Crippen molar-refractivity contribution in [1.82, 2.24) is 19.3 Å². The van der Waals surface area contributed by atoms with Gasteiger partial charge in [0, 0.05) is 18.8 Å². The highest BCUT2D eigenvalue weighted by Crippen LogP contribution is 2.31. The van der Waals surface area contributed by atoms with Crippen LogP contribution >= 0.6 is 0 Å². The number of hydrogen-bond donors (Lipinski definition) is 0. The number of amides is 1. The van der Waals surface area contributed by atoms with Gasteiger partial charge in [0.25, 0.3) is 5.56 Å². The first-order valence-corrected chi connectivity index (χ1v) is 7.83. The Morgan fingerprint density at radius 1 is 1.33 bits per heavy atom. The van der Waals surface area contributed by atoms with Crippen LogP contribution in [0.4, 0.5) is 5.69 Å². The maximum atomic E-state index is 12.8. The lowest BCUT2D eigenvalue weighted by Gasteiger charge is -2.23. The topological polar surface area (TPSA) is 73.0 Å². The summed E-state index contributed by atoms with van der Waals surface area (Å²) in [7, 11) is 1.73. The third-order valence-electron chi connectivity index (χ3n) is 4.50. The molecule has 0 fully saturated rings. The first-order valence-electron chi connectivity index (χ1n) is 7.83. The van der Waals surface area contributed by atoms with E-state index in [-0.39, 0.29) is 24.1 Å². The van der Waals surface area contributed by atoms with Crippen LogP contribution in [-0.2, 0) is 24.8 Å². The number of aryl methyl sites for hydroxylation is 1. The summed E-state index contributed by atoms with van der Waals surface area (Å²) < 4.78 is 2.89. The molecule has 7 heteroatoms. The van der Waals surface area contributed by atoms with E-state index in [9.17, 15) is 9.59 Å². The van der Waals surface area contributed by atoms with Crippen molar-refractivity contribution in [3.8, 4) is 0 Å². The quantitative estimate of drug-likeness (QED) is 0.708. The Hall–Kier alpha value is -2.96. The Morgan fingerprint density at radius 3 is 2.96 bits per heavy atom. The molecular weight excluding hydrogens is 306 g/mol. The van der Waals surface area contributed by atoms with Crippen LogP contribution in [0.1, 0.15) is 12.5 Å². The van der Waals surface area contributed by atoms with Crippen LogP contribution in [0.25, 0.3) is 11.0 Å². The van der Waals surface area contributed by atoms with Gasteiger partial charge in [-0.25, -0.2) is 4.98 Å². The summed E-state index contributed by atoms with van der Waals surface area (Å²) in [4.78, 5) is 31.3. The number of rotatable bonds is 2. The third kappa shape index (κ3) is 2.12. The van der Waals surface area contributed by atoms with Gasteiger partial charge < -0.3 is 4.90 Å². The van der Waals surface area contributed by atoms with Crippen LogP contribution in [0, 0.1) is 0 Å². The summed E-state index contributed by atoms with van der Waals surface area (Å²) >= 11 is 0. The molecule has 4 rings (SSSR count). The van der Waals surface area contributed by atoms with Crippen molar-refractivity contribution in [2.24, 2.45) is 7.05 Å². The number of anilines is 1. The fourth-order valence-corrected chi connectivity index (χ4v) is 3.35. The lowest BCUT2D eigenvalue weighted by Crippen LogP contribution is -2.40. The van der Waals surface area contributed by atoms with Gasteiger partial charge in [-0.2, -0.15) is 5.10 Å². The van der Waals surface area contributed by atoms with Crippen LogP contribution < -0.4 is 10.5 Å². The van der Waals surface area contributed by atoms with E-state index in [4.69, 9.17) is 0 Å². The second-order valence-electron chi connectivity index (χ2n) is 6.13. The second kappa shape index (κ2) is 5.30. The molecule has 7 nitrogen and oxygen atoms in total. The van der Waals surface area contributed by atoms with Gasteiger partial charge in [-0.1, -0.05) is 18.2 Å². The second-order valence-corrected chi connectivity index (χ2v) is 6.13. The zero-order valence-electron chi connectivity index (χ0n) is 13.5. The number of hydrogen-bond acceptors (Lipinski definition) is 4. The third-order valence-corrected chi connectivity index (χ3v) is 4.50. The van der Waals surface area contributed by atoms with Crippen molar-refractivity contribution in [2.75, 3.05) is 4.90 Å². The maximum Gasteiger partial charge on any atom is 0.264 e. The molecule has 0 unspecified atom stereocenters. The Morgan fingerprint density at radius 2 is 2.12 bits per heavy atom. The predicted octanol–water partition coefficient (Wildman–Crippen LogP) is 1.11. The summed E-state index contributed by atoms with van der Waals surface area (Å²) in [6.07, 6.45) is 3.73. The van der Waals surface area contributed by atoms with E-state index in [1.165, 1.54) is 17.1 Å². The Balaban J connectivity index is 1.68. The molecule has 1 aliphatic heterocycles. The predicted molar refractivity (Wildman–Crippen MR) is 89.9 cm³/mol. The molecule has 3 heterocycles. The van der Waals surface area contributed by atoms with Gasteiger partial charge in [-0.15, -0.1) is 0 Å². The van der Waals surface area contributed by atoms with Gasteiger partial charge in [-0.05, 0) is 25.0 Å². The van der Waals surface area contributed by atoms with Crippen molar-refractivity contribution in [1.29, 1.82) is 0 Å². The number of carbonyl (C=O) groups is 1. The van der Waals surface area contributed by atoms with Crippen LogP contribution in [0.3, 0.4) is 0 Å². The molecule has 2 aromatic heterocycles. The minimum Gasteiger partial charge on any atom is -0.307 e. The Bertz CT molecular complexity index is 1000. The molecule has 3 aromatic rings. The summed E-state index contributed by atoms with van der Waals surface area (Å²) in [6.45, 7) is 1.98. The van der Waals surface area contributed by atoms with Gasteiger partial charge in [0.05, 0.1) is 6.20 Å². The average Bonchev–Trinajstić information content (AvgIpc) is 3.10. The van der Waals surface area contributed by atoms with E-state index >= 15 is 0 Å². The molecule has 122 valence electrons. The molecule has 0 N–H and O–H groups in total. The van der Waals surface area contributed by atoms with Crippen molar-refractivity contribution >= 4 is 22.6 Å². The number of para-hydroxylation sites is 1. The Kier molecular flexibility index (Phi) is 3.23. The van der Waals surface area contributed by atoms with Gasteiger partial charge in [0.2, 0.25) is 5.91 Å². The average molecular weight is 323 g/mol. The normalized spacial score (nSPS) is 16.6. The van der Waals surface area contributed by atoms with E-state index in [1.54, 1.807) is 16.6 Å². The molecule has 0 saturated carbocycles. The molecule has 1 aliphatic rings. The summed E-state index contributed by atoms with van der Waals surface area (Å²) in [5, 5.41) is 4.46. The van der Waals surface area contributed by atoms with Crippen molar-refractivity contribution in [2.45, 2.75) is 25.9 Å². The molecule has 0 aliphatic carbocycles. The highest BCUT2D eigenvalue weighted by Gasteiger charge is 2.30. The SMILES string of the molecule is C[C@@H]1Cc2ccccc2N1C(=O)Cn1cnc2c(cnn2C)c1=O. The fraction of sp³-hybridized carbons (Fsp3) is 0.294. The summed E-state index contributed by atoms with van der Waals surface area (Å²) in [5.74, 6) is -0.111. The summed E-state index contributed by atoms with van der Waals surface area (Å²) in [6, 6.07) is 7.97. The zero-order chi connectivity index (χ0) is 16.8. The number of benzene rings is 1. The first kappa shape index (κ1) is 14.6. The number of fused-ring (bicyclic) bond motifs is 2. The van der Waals surface area contributed by atoms with Gasteiger partial charge in [0.1, 0.15) is 18.3 Å². The molecule has 0 radical (unpaired) electrons. The van der Waals surface area contributed by atoms with Gasteiger partial charge in [-0.3, -0.25) is 18.8 Å². The van der Waals surface area contributed by atoms with Crippen molar-refractivity contribution in [3.63, 3.8) is 0 Å². The van der Waals surface area contributed by atoms with Crippen molar-refractivity contribution in [3.05, 3.63) is 52.7 Å². The lowest BCUT2D eigenvalue weighted by molar-refractivity contribution is -0.119. The molecule has 1 atom stereocenters. The van der Waals surface area contributed by atoms with Gasteiger partial charge >= 0.3 is 0 Å². The number of nitrogens with zero attached hydrogens (tertiary/aromatic N) is 5. The van der Waals surface area contributed by atoms with Crippen LogP contribution in [0.15, 0.2) is 41.6 Å². The molecule has 24 heavy (non-hydrogen) atoms. The molecular formula is C17H17N5O2. The maximum absolute atomic E-state index is 12.8. The zero-order valence-corrected chi connectivity index (χ0v) is 13.5. The molecule has 1 aromatic carbocycles. The standard InChI is InChI=1S/C17H17N5O2/c1-11-7-12-5-3-4-6-14(12)22(11)15(23)9-21-10-18-16-13(17(21)24)8-19-20(16)2/h3-6,8,10-11H,7,9H2,1-2H3/t11-/m1/s1. The lowest BCUT2D eigenvalue weighted by atomic mass is 10.1. The smallest absolute Gasteiger partial charge is 0.264 e. The van der Waals surface area contributed by atoms with Crippen LogP contribution in [-0.4, -0.2) is 31.3 Å². The highest BCUT2D eigenvalue weighted by molar-refractivity contribution is 5.96. The summed E-state index contributed by atoms with van der Waals surface area (Å²) in [5.41, 5.74) is 2.36. The van der Waals surface area contributed by atoms with E-state index in [0.29, 0.717) is 11.0 Å². The highest BCUT2D eigenvalue weighted by atomic mass is 16.2. The minimum absolute atomic E-state index is 0.0324. The van der Waals surface area contributed by atoms with Crippen LogP contribution in [0.5, 0.6) is 0 Å². The molecule has 0 saturated heterocycles. The van der Waals surface area contributed by atoms with E-state index in [1.807, 2.05) is 31.2 Å². The van der Waals surface area contributed by atoms with Crippen molar-refractivity contribution < 1.29 is 4.79 Å². The minimum atomic E-state index is -0.249. The number of aromatic nitrogens is 4. The monoisotopic (exact) mass is 323 g/mol. The van der Waals surface area contributed by atoms with E-state index in [2.05, 4.69) is 10.1 Å². The first-order chi connectivity index (χ1) is 11.6.